The van der Waals surface area contributed by atoms with Crippen molar-refractivity contribution in [2.24, 2.45) is 0 Å². The Labute approximate surface area is 129 Å². The van der Waals surface area contributed by atoms with Crippen LogP contribution in [0.4, 0.5) is 0 Å². The smallest absolute Gasteiger partial charge is 0.305 e. The number of aryl methyl sites for hydroxylation is 3. The first kappa shape index (κ1) is 15.8. The van der Waals surface area contributed by atoms with Gasteiger partial charge in [0.25, 0.3) is 0 Å². The highest BCUT2D eigenvalue weighted by Crippen LogP contribution is 2.17. The maximum Gasteiger partial charge on any atom is 0.305 e. The molecule has 21 heavy (non-hydrogen) atoms. The number of imidazole rings is 1. The highest BCUT2D eigenvalue weighted by molar-refractivity contribution is 6.17. The standard InChI is InChI=1S/C15H20ClN3O2/c1-3-21-14(20)5-4-8-19-13(6-7-16)18-12-9-11(2)10-17-15(12)19/h9-10H,3-8H2,1-2H3. The van der Waals surface area contributed by atoms with Crippen LogP contribution in [0.2, 0.25) is 0 Å². The lowest BCUT2D eigenvalue weighted by Crippen LogP contribution is -2.09. The van der Waals surface area contributed by atoms with Crippen molar-refractivity contribution in [1.29, 1.82) is 0 Å². The molecule has 2 aromatic rings. The summed E-state index contributed by atoms with van der Waals surface area (Å²) in [4.78, 5) is 20.5. The molecule has 6 heteroatoms. The Kier molecular flexibility index (Phi) is 5.56. The van der Waals surface area contributed by atoms with E-state index in [0.717, 1.165) is 22.6 Å². The predicted octanol–water partition coefficient (Wildman–Crippen LogP) is 2.86. The van der Waals surface area contributed by atoms with Gasteiger partial charge in [-0.05, 0) is 31.9 Å². The number of ether oxygens (including phenoxy) is 1. The molecule has 0 fully saturated rings. The minimum atomic E-state index is -0.162. The Balaban J connectivity index is 2.16. The van der Waals surface area contributed by atoms with Gasteiger partial charge in [-0.2, -0.15) is 0 Å². The number of rotatable bonds is 7. The van der Waals surface area contributed by atoms with Crippen LogP contribution in [0.3, 0.4) is 0 Å². The molecule has 0 bridgehead atoms. The largest absolute Gasteiger partial charge is 0.466 e. The monoisotopic (exact) mass is 309 g/mol. The van der Waals surface area contributed by atoms with Gasteiger partial charge in [0.1, 0.15) is 11.3 Å². The molecule has 2 aromatic heterocycles. The Morgan fingerprint density at radius 3 is 3.00 bits per heavy atom. The van der Waals surface area contributed by atoms with E-state index in [9.17, 15) is 4.79 Å². The molecule has 0 aliphatic carbocycles. The molecule has 0 spiro atoms. The van der Waals surface area contributed by atoms with Crippen molar-refractivity contribution >= 4 is 28.7 Å². The van der Waals surface area contributed by atoms with E-state index < -0.39 is 0 Å². The molecule has 5 nitrogen and oxygen atoms in total. The van der Waals surface area contributed by atoms with Crippen molar-refractivity contribution in [2.75, 3.05) is 12.5 Å². The predicted molar refractivity (Wildman–Crippen MR) is 82.6 cm³/mol. The Morgan fingerprint density at radius 1 is 1.48 bits per heavy atom. The lowest BCUT2D eigenvalue weighted by molar-refractivity contribution is -0.143. The number of halogens is 1. The topological polar surface area (TPSA) is 57.0 Å². The van der Waals surface area contributed by atoms with E-state index in [0.29, 0.717) is 38.3 Å². The number of nitrogens with zero attached hydrogens (tertiary/aromatic N) is 3. The van der Waals surface area contributed by atoms with Gasteiger partial charge >= 0.3 is 5.97 Å². The van der Waals surface area contributed by atoms with Crippen LogP contribution in [0.15, 0.2) is 12.3 Å². The summed E-state index contributed by atoms with van der Waals surface area (Å²) in [7, 11) is 0. The maximum atomic E-state index is 11.4. The minimum absolute atomic E-state index is 0.162. The third-order valence-electron chi connectivity index (χ3n) is 3.19. The second kappa shape index (κ2) is 7.41. The molecule has 0 unspecified atom stereocenters. The lowest BCUT2D eigenvalue weighted by Gasteiger charge is -2.07. The van der Waals surface area contributed by atoms with E-state index >= 15 is 0 Å². The van der Waals surface area contributed by atoms with Crippen LogP contribution in [0.25, 0.3) is 11.2 Å². The molecular formula is C15H20ClN3O2. The third-order valence-corrected chi connectivity index (χ3v) is 3.38. The number of fused-ring (bicyclic) bond motifs is 1. The zero-order chi connectivity index (χ0) is 15.2. The fraction of sp³-hybridized carbons (Fsp3) is 0.533. The SMILES string of the molecule is CCOC(=O)CCCn1c(CCCl)nc2cc(C)cnc21. The summed E-state index contributed by atoms with van der Waals surface area (Å²) in [5, 5.41) is 0. The van der Waals surface area contributed by atoms with E-state index in [-0.39, 0.29) is 5.97 Å². The van der Waals surface area contributed by atoms with Crippen molar-refractivity contribution in [2.45, 2.75) is 39.7 Å². The second-order valence-electron chi connectivity index (χ2n) is 4.88. The molecule has 0 N–H and O–H groups in total. The van der Waals surface area contributed by atoms with Crippen molar-refractivity contribution in [3.8, 4) is 0 Å². The number of carbonyl (C=O) groups excluding carboxylic acids is 1. The molecule has 0 saturated carbocycles. The molecule has 0 atom stereocenters. The number of pyridine rings is 1. The average Bonchev–Trinajstić information content (AvgIpc) is 2.76. The first-order valence-corrected chi connectivity index (χ1v) is 7.72. The quantitative estimate of drug-likeness (QED) is 0.583. The van der Waals surface area contributed by atoms with E-state index in [4.69, 9.17) is 16.3 Å². The van der Waals surface area contributed by atoms with Crippen LogP contribution in [0.1, 0.15) is 31.2 Å². The van der Waals surface area contributed by atoms with Gasteiger partial charge in [0.2, 0.25) is 0 Å². The first-order chi connectivity index (χ1) is 10.2. The number of hydrogen-bond acceptors (Lipinski definition) is 4. The number of hydrogen-bond donors (Lipinski definition) is 0. The lowest BCUT2D eigenvalue weighted by atomic mass is 10.3. The molecule has 0 aromatic carbocycles. The molecule has 0 saturated heterocycles. The average molecular weight is 310 g/mol. The van der Waals surface area contributed by atoms with E-state index in [1.807, 2.05) is 26.1 Å². The Morgan fingerprint density at radius 2 is 2.29 bits per heavy atom. The molecule has 0 aliphatic rings. The van der Waals surface area contributed by atoms with Crippen LogP contribution >= 0.6 is 11.6 Å². The first-order valence-electron chi connectivity index (χ1n) is 7.19. The second-order valence-corrected chi connectivity index (χ2v) is 5.26. The summed E-state index contributed by atoms with van der Waals surface area (Å²) in [5.41, 5.74) is 2.81. The molecule has 2 rings (SSSR count). The molecular weight excluding hydrogens is 290 g/mol. The third kappa shape index (κ3) is 3.94. The van der Waals surface area contributed by atoms with Gasteiger partial charge in [-0.25, -0.2) is 9.97 Å². The highest BCUT2D eigenvalue weighted by Gasteiger charge is 2.12. The van der Waals surface area contributed by atoms with Crippen LogP contribution in [0, 0.1) is 6.92 Å². The van der Waals surface area contributed by atoms with Gasteiger partial charge in [0.05, 0.1) is 6.61 Å². The fourth-order valence-corrected chi connectivity index (χ4v) is 2.45. The summed E-state index contributed by atoms with van der Waals surface area (Å²) in [6.45, 7) is 4.92. The van der Waals surface area contributed by atoms with Crippen LogP contribution in [-0.4, -0.2) is 33.0 Å². The number of alkyl halides is 1. The van der Waals surface area contributed by atoms with Crippen molar-refractivity contribution in [3.63, 3.8) is 0 Å². The fourth-order valence-electron chi connectivity index (χ4n) is 2.28. The number of carbonyl (C=O) groups is 1. The molecule has 0 amide bonds. The molecule has 2 heterocycles. The molecule has 0 radical (unpaired) electrons. The maximum absolute atomic E-state index is 11.4. The van der Waals surface area contributed by atoms with E-state index in [1.165, 1.54) is 0 Å². The number of aromatic nitrogens is 3. The summed E-state index contributed by atoms with van der Waals surface area (Å²) in [5.74, 6) is 1.27. The van der Waals surface area contributed by atoms with Crippen molar-refractivity contribution in [1.82, 2.24) is 14.5 Å². The Hall–Kier alpha value is -1.62. The van der Waals surface area contributed by atoms with Crippen LogP contribution < -0.4 is 0 Å². The van der Waals surface area contributed by atoms with Gasteiger partial charge in [0.15, 0.2) is 5.65 Å². The van der Waals surface area contributed by atoms with Crippen molar-refractivity contribution in [3.05, 3.63) is 23.7 Å². The summed E-state index contributed by atoms with van der Waals surface area (Å²) in [6, 6.07) is 2.02. The number of esters is 1. The molecule has 114 valence electrons. The minimum Gasteiger partial charge on any atom is -0.466 e. The highest BCUT2D eigenvalue weighted by atomic mass is 35.5. The van der Waals surface area contributed by atoms with Gasteiger partial charge in [-0.15, -0.1) is 11.6 Å². The summed E-state index contributed by atoms with van der Waals surface area (Å²) < 4.78 is 6.99. The van der Waals surface area contributed by atoms with Gasteiger partial charge in [-0.3, -0.25) is 4.79 Å². The van der Waals surface area contributed by atoms with Gasteiger partial charge in [0, 0.05) is 31.5 Å². The van der Waals surface area contributed by atoms with Crippen molar-refractivity contribution < 1.29 is 9.53 Å². The zero-order valence-corrected chi connectivity index (χ0v) is 13.2. The van der Waals surface area contributed by atoms with Gasteiger partial charge in [-0.1, -0.05) is 0 Å². The van der Waals surface area contributed by atoms with Crippen LogP contribution in [-0.2, 0) is 22.5 Å². The Bertz CT molecular complexity index is 625. The summed E-state index contributed by atoms with van der Waals surface area (Å²) in [6.07, 6.45) is 3.63. The van der Waals surface area contributed by atoms with E-state index in [2.05, 4.69) is 14.5 Å². The normalized spacial score (nSPS) is 11.0. The summed E-state index contributed by atoms with van der Waals surface area (Å²) >= 11 is 5.84. The zero-order valence-electron chi connectivity index (χ0n) is 12.4. The van der Waals surface area contributed by atoms with Crippen LogP contribution in [0.5, 0.6) is 0 Å². The van der Waals surface area contributed by atoms with Gasteiger partial charge < -0.3 is 9.30 Å². The molecule has 0 aliphatic heterocycles. The van der Waals surface area contributed by atoms with E-state index in [1.54, 1.807) is 0 Å².